The van der Waals surface area contributed by atoms with E-state index in [1.54, 1.807) is 12.1 Å². The first-order valence-electron chi connectivity index (χ1n) is 9.39. The molecule has 3 aromatic rings. The predicted octanol–water partition coefficient (Wildman–Crippen LogP) is 3.68. The van der Waals surface area contributed by atoms with Gasteiger partial charge in [0.25, 0.3) is 5.69 Å². The highest BCUT2D eigenvalue weighted by molar-refractivity contribution is 5.86. The number of fused-ring (bicyclic) bond motifs is 1. The van der Waals surface area contributed by atoms with Gasteiger partial charge in [0.1, 0.15) is 0 Å². The van der Waals surface area contributed by atoms with Crippen LogP contribution in [0.3, 0.4) is 0 Å². The van der Waals surface area contributed by atoms with Crippen LogP contribution in [0.1, 0.15) is 23.6 Å². The number of aromatic amines is 1. The van der Waals surface area contributed by atoms with Gasteiger partial charge in [-0.2, -0.15) is 0 Å². The van der Waals surface area contributed by atoms with Gasteiger partial charge in [-0.3, -0.25) is 10.1 Å². The molecule has 0 saturated heterocycles. The van der Waals surface area contributed by atoms with Gasteiger partial charge in [0.15, 0.2) is 5.96 Å². The van der Waals surface area contributed by atoms with Crippen LogP contribution in [0, 0.1) is 17.0 Å². The average molecular weight is 379 g/mol. The highest BCUT2D eigenvalue weighted by Gasteiger charge is 2.07. The molecule has 0 atom stereocenters. The number of nitrogens with zero attached hydrogens (tertiary/aromatic N) is 2. The molecule has 7 nitrogen and oxygen atoms in total. The molecule has 7 heteroatoms. The highest BCUT2D eigenvalue weighted by atomic mass is 16.6. The van der Waals surface area contributed by atoms with Crippen molar-refractivity contribution in [1.82, 2.24) is 15.6 Å². The molecule has 0 aliphatic heterocycles. The van der Waals surface area contributed by atoms with Gasteiger partial charge < -0.3 is 15.6 Å². The first kappa shape index (κ1) is 19.4. The molecular formula is C21H25N5O2. The Morgan fingerprint density at radius 1 is 1.21 bits per heavy atom. The average Bonchev–Trinajstić information content (AvgIpc) is 3.11. The lowest BCUT2D eigenvalue weighted by atomic mass is 10.1. The molecule has 3 rings (SSSR count). The number of hydrogen-bond acceptors (Lipinski definition) is 3. The molecule has 1 heterocycles. The number of benzene rings is 2. The van der Waals surface area contributed by atoms with Gasteiger partial charge in [-0.15, -0.1) is 0 Å². The summed E-state index contributed by atoms with van der Waals surface area (Å²) in [6.07, 6.45) is 2.93. The van der Waals surface area contributed by atoms with E-state index in [2.05, 4.69) is 51.9 Å². The molecule has 0 spiro atoms. The van der Waals surface area contributed by atoms with Gasteiger partial charge in [0.2, 0.25) is 0 Å². The van der Waals surface area contributed by atoms with Gasteiger partial charge in [-0.05, 0) is 43.0 Å². The number of nitrogens with one attached hydrogen (secondary N) is 3. The first-order chi connectivity index (χ1) is 13.6. The van der Waals surface area contributed by atoms with Gasteiger partial charge >= 0.3 is 0 Å². The number of H-pyrrole nitrogens is 1. The Bertz CT molecular complexity index is 993. The van der Waals surface area contributed by atoms with E-state index >= 15 is 0 Å². The summed E-state index contributed by atoms with van der Waals surface area (Å²) in [7, 11) is 0. The SMILES string of the molecule is CCNC(=NCc1cccc([N+](=O)[O-])c1)NCCc1c[nH]c2cccc(C)c12. The van der Waals surface area contributed by atoms with Crippen LogP contribution in [-0.4, -0.2) is 29.0 Å². The van der Waals surface area contributed by atoms with Crippen LogP contribution >= 0.6 is 0 Å². The summed E-state index contributed by atoms with van der Waals surface area (Å²) in [4.78, 5) is 18.4. The predicted molar refractivity (Wildman–Crippen MR) is 113 cm³/mol. The lowest BCUT2D eigenvalue weighted by Gasteiger charge is -2.11. The van der Waals surface area contributed by atoms with E-state index in [0.717, 1.165) is 30.6 Å². The fourth-order valence-electron chi connectivity index (χ4n) is 3.24. The van der Waals surface area contributed by atoms with Crippen molar-refractivity contribution in [3.63, 3.8) is 0 Å². The molecule has 0 saturated carbocycles. The number of aryl methyl sites for hydroxylation is 1. The number of aromatic nitrogens is 1. The van der Waals surface area contributed by atoms with E-state index in [4.69, 9.17) is 0 Å². The third-order valence-corrected chi connectivity index (χ3v) is 4.57. The third kappa shape index (κ3) is 4.68. The molecule has 0 unspecified atom stereocenters. The lowest BCUT2D eigenvalue weighted by molar-refractivity contribution is -0.384. The van der Waals surface area contributed by atoms with Crippen molar-refractivity contribution >= 4 is 22.5 Å². The zero-order valence-electron chi connectivity index (χ0n) is 16.2. The Balaban J connectivity index is 1.63. The lowest BCUT2D eigenvalue weighted by Crippen LogP contribution is -2.38. The Morgan fingerprint density at radius 3 is 2.82 bits per heavy atom. The first-order valence-corrected chi connectivity index (χ1v) is 9.39. The fraction of sp³-hybridized carbons (Fsp3) is 0.286. The number of nitro groups is 1. The summed E-state index contributed by atoms with van der Waals surface area (Å²) in [5, 5.41) is 18.7. The Kier molecular flexibility index (Phi) is 6.26. The summed E-state index contributed by atoms with van der Waals surface area (Å²) in [5.41, 5.74) is 4.58. The van der Waals surface area contributed by atoms with E-state index in [9.17, 15) is 10.1 Å². The molecule has 3 N–H and O–H groups in total. The second kappa shape index (κ2) is 9.03. The highest BCUT2D eigenvalue weighted by Crippen LogP contribution is 2.22. The zero-order valence-corrected chi connectivity index (χ0v) is 16.2. The molecule has 28 heavy (non-hydrogen) atoms. The molecule has 2 aromatic carbocycles. The van der Waals surface area contributed by atoms with Gasteiger partial charge in [0.05, 0.1) is 11.5 Å². The number of guanidine groups is 1. The number of nitro benzene ring substituents is 1. The van der Waals surface area contributed by atoms with Crippen molar-refractivity contribution in [2.45, 2.75) is 26.8 Å². The number of aliphatic imine (C=N–C) groups is 1. The normalized spacial score (nSPS) is 11.6. The van der Waals surface area contributed by atoms with Gasteiger partial charge in [0, 0.05) is 42.3 Å². The zero-order chi connectivity index (χ0) is 19.9. The minimum atomic E-state index is -0.389. The van der Waals surface area contributed by atoms with Crippen LogP contribution in [-0.2, 0) is 13.0 Å². The molecule has 0 aliphatic carbocycles. The number of rotatable bonds is 7. The van der Waals surface area contributed by atoms with Crippen molar-refractivity contribution < 1.29 is 4.92 Å². The van der Waals surface area contributed by atoms with Crippen molar-refractivity contribution in [2.24, 2.45) is 4.99 Å². The van der Waals surface area contributed by atoms with E-state index in [0.29, 0.717) is 12.5 Å². The van der Waals surface area contributed by atoms with Crippen molar-refractivity contribution in [2.75, 3.05) is 13.1 Å². The molecule has 0 fully saturated rings. The number of non-ortho nitro benzene ring substituents is 1. The van der Waals surface area contributed by atoms with Gasteiger partial charge in [-0.25, -0.2) is 4.99 Å². The summed E-state index contributed by atoms with van der Waals surface area (Å²) in [6, 6.07) is 12.8. The monoisotopic (exact) mass is 379 g/mol. The summed E-state index contributed by atoms with van der Waals surface area (Å²) in [5.74, 6) is 0.700. The molecule has 0 amide bonds. The summed E-state index contributed by atoms with van der Waals surface area (Å²) < 4.78 is 0. The smallest absolute Gasteiger partial charge is 0.269 e. The van der Waals surface area contributed by atoms with Crippen LogP contribution in [0.5, 0.6) is 0 Å². The molecule has 146 valence electrons. The Hall–Kier alpha value is -3.35. The van der Waals surface area contributed by atoms with Crippen LogP contribution in [0.4, 0.5) is 5.69 Å². The van der Waals surface area contributed by atoms with Crippen LogP contribution in [0.15, 0.2) is 53.7 Å². The molecular weight excluding hydrogens is 354 g/mol. The topological polar surface area (TPSA) is 95.3 Å². The second-order valence-corrected chi connectivity index (χ2v) is 6.61. The maximum absolute atomic E-state index is 10.9. The molecule has 0 radical (unpaired) electrons. The fourth-order valence-corrected chi connectivity index (χ4v) is 3.24. The van der Waals surface area contributed by atoms with Crippen LogP contribution in [0.25, 0.3) is 10.9 Å². The summed E-state index contributed by atoms with van der Waals surface area (Å²) >= 11 is 0. The minimum Gasteiger partial charge on any atom is -0.361 e. The second-order valence-electron chi connectivity index (χ2n) is 6.61. The van der Waals surface area contributed by atoms with E-state index in [1.807, 2.05) is 13.0 Å². The Morgan fingerprint density at radius 2 is 2.04 bits per heavy atom. The van der Waals surface area contributed by atoms with E-state index in [1.165, 1.54) is 22.6 Å². The van der Waals surface area contributed by atoms with Crippen molar-refractivity contribution in [1.29, 1.82) is 0 Å². The standard InChI is InChI=1S/C21H25N5O2/c1-3-22-21(25-13-16-7-5-8-18(12-16)26(27)28)23-11-10-17-14-24-19-9-4-6-15(2)20(17)19/h4-9,12,14,24H,3,10-11,13H2,1-2H3,(H2,22,23,25). The molecule has 0 bridgehead atoms. The van der Waals surface area contributed by atoms with Crippen molar-refractivity contribution in [3.05, 3.63) is 75.5 Å². The van der Waals surface area contributed by atoms with Crippen LogP contribution < -0.4 is 10.6 Å². The molecule has 1 aromatic heterocycles. The van der Waals surface area contributed by atoms with Gasteiger partial charge in [-0.1, -0.05) is 24.3 Å². The maximum Gasteiger partial charge on any atom is 0.269 e. The third-order valence-electron chi connectivity index (χ3n) is 4.57. The molecule has 0 aliphatic rings. The van der Waals surface area contributed by atoms with E-state index in [-0.39, 0.29) is 10.6 Å². The van der Waals surface area contributed by atoms with Crippen molar-refractivity contribution in [3.8, 4) is 0 Å². The minimum absolute atomic E-state index is 0.0837. The largest absolute Gasteiger partial charge is 0.361 e. The maximum atomic E-state index is 10.9. The quantitative estimate of drug-likeness (QED) is 0.253. The number of hydrogen-bond donors (Lipinski definition) is 3. The van der Waals surface area contributed by atoms with Crippen LogP contribution in [0.2, 0.25) is 0 Å². The summed E-state index contributed by atoms with van der Waals surface area (Å²) in [6.45, 7) is 5.99. The van der Waals surface area contributed by atoms with E-state index < -0.39 is 0 Å². The Labute approximate surface area is 164 Å².